The van der Waals surface area contributed by atoms with E-state index in [1.165, 1.54) is 19.2 Å². The molecular weight excluding hydrogens is 202 g/mol. The predicted octanol–water partition coefficient (Wildman–Crippen LogP) is 2.03. The SMILES string of the molecule is Nc1ncnc(OC2CCCC2)c1Cl. The highest BCUT2D eigenvalue weighted by Gasteiger charge is 2.19. The maximum absolute atomic E-state index is 5.90. The van der Waals surface area contributed by atoms with Crippen LogP contribution in [0, 0.1) is 0 Å². The molecule has 1 heterocycles. The summed E-state index contributed by atoms with van der Waals surface area (Å²) in [5.74, 6) is 0.681. The first-order valence-electron chi connectivity index (χ1n) is 4.70. The van der Waals surface area contributed by atoms with Crippen molar-refractivity contribution in [1.29, 1.82) is 0 Å². The summed E-state index contributed by atoms with van der Waals surface area (Å²) in [6.45, 7) is 0. The Hall–Kier alpha value is -1.03. The number of hydrogen-bond donors (Lipinski definition) is 1. The average molecular weight is 214 g/mol. The maximum atomic E-state index is 5.90. The zero-order valence-corrected chi connectivity index (χ0v) is 8.50. The molecule has 0 amide bonds. The molecule has 1 aromatic heterocycles. The smallest absolute Gasteiger partial charge is 0.238 e. The van der Waals surface area contributed by atoms with Gasteiger partial charge in [0.25, 0.3) is 0 Å². The first-order chi connectivity index (χ1) is 6.77. The number of anilines is 1. The molecule has 1 saturated carbocycles. The van der Waals surface area contributed by atoms with Crippen molar-refractivity contribution in [3.63, 3.8) is 0 Å². The van der Waals surface area contributed by atoms with Gasteiger partial charge in [-0.15, -0.1) is 0 Å². The topological polar surface area (TPSA) is 61.0 Å². The van der Waals surface area contributed by atoms with E-state index in [1.54, 1.807) is 0 Å². The molecule has 0 aromatic carbocycles. The highest BCUT2D eigenvalue weighted by molar-refractivity contribution is 6.33. The summed E-state index contributed by atoms with van der Waals surface area (Å²) >= 11 is 5.90. The molecule has 1 aliphatic rings. The van der Waals surface area contributed by atoms with Crippen LogP contribution in [0.2, 0.25) is 5.02 Å². The fourth-order valence-corrected chi connectivity index (χ4v) is 1.75. The van der Waals surface area contributed by atoms with Crippen molar-refractivity contribution < 1.29 is 4.74 Å². The van der Waals surface area contributed by atoms with Crippen LogP contribution >= 0.6 is 11.6 Å². The van der Waals surface area contributed by atoms with E-state index in [0.29, 0.717) is 10.9 Å². The molecule has 0 spiro atoms. The maximum Gasteiger partial charge on any atom is 0.238 e. The van der Waals surface area contributed by atoms with Crippen LogP contribution in [-0.4, -0.2) is 16.1 Å². The Morgan fingerprint density at radius 2 is 2.07 bits per heavy atom. The van der Waals surface area contributed by atoms with Gasteiger partial charge in [-0.05, 0) is 25.7 Å². The second kappa shape index (κ2) is 4.00. The summed E-state index contributed by atoms with van der Waals surface area (Å²) in [5, 5.41) is 0.319. The number of rotatable bonds is 2. The molecular formula is C9H12ClN3O. The van der Waals surface area contributed by atoms with E-state index in [9.17, 15) is 0 Å². The molecule has 1 aliphatic carbocycles. The summed E-state index contributed by atoms with van der Waals surface area (Å²) in [4.78, 5) is 7.73. The summed E-state index contributed by atoms with van der Waals surface area (Å²) in [6, 6.07) is 0. The second-order valence-electron chi connectivity index (χ2n) is 3.40. The van der Waals surface area contributed by atoms with E-state index in [4.69, 9.17) is 22.1 Å². The molecule has 0 bridgehead atoms. The molecule has 0 saturated heterocycles. The summed E-state index contributed by atoms with van der Waals surface area (Å²) in [6.07, 6.45) is 6.17. The highest BCUT2D eigenvalue weighted by Crippen LogP contribution is 2.29. The zero-order valence-electron chi connectivity index (χ0n) is 7.74. The van der Waals surface area contributed by atoms with Crippen LogP contribution in [-0.2, 0) is 0 Å². The Bertz CT molecular complexity index is 326. The van der Waals surface area contributed by atoms with Crippen LogP contribution in [0.5, 0.6) is 5.88 Å². The molecule has 0 atom stereocenters. The minimum atomic E-state index is 0.238. The average Bonchev–Trinajstić information content (AvgIpc) is 2.66. The van der Waals surface area contributed by atoms with Crippen molar-refractivity contribution in [2.24, 2.45) is 0 Å². The van der Waals surface area contributed by atoms with Gasteiger partial charge in [-0.2, -0.15) is 0 Å². The molecule has 76 valence electrons. The Morgan fingerprint density at radius 3 is 2.79 bits per heavy atom. The van der Waals surface area contributed by atoms with Crippen molar-refractivity contribution in [3.05, 3.63) is 11.3 Å². The molecule has 5 heteroatoms. The van der Waals surface area contributed by atoms with Gasteiger partial charge in [-0.3, -0.25) is 0 Å². The zero-order chi connectivity index (χ0) is 9.97. The molecule has 0 aliphatic heterocycles. The number of nitrogens with zero attached hydrogens (tertiary/aromatic N) is 2. The minimum Gasteiger partial charge on any atom is -0.473 e. The number of aromatic nitrogens is 2. The second-order valence-corrected chi connectivity index (χ2v) is 3.78. The molecule has 2 rings (SSSR count). The van der Waals surface area contributed by atoms with Crippen LogP contribution in [0.3, 0.4) is 0 Å². The summed E-state index contributed by atoms with van der Waals surface area (Å²) in [5.41, 5.74) is 5.53. The Balaban J connectivity index is 2.11. The third kappa shape index (κ3) is 1.90. The molecule has 14 heavy (non-hydrogen) atoms. The van der Waals surface area contributed by atoms with Gasteiger partial charge in [-0.25, -0.2) is 9.97 Å². The van der Waals surface area contributed by atoms with E-state index in [0.717, 1.165) is 12.8 Å². The molecule has 2 N–H and O–H groups in total. The van der Waals surface area contributed by atoms with E-state index >= 15 is 0 Å². The van der Waals surface area contributed by atoms with Gasteiger partial charge in [0.1, 0.15) is 23.3 Å². The number of hydrogen-bond acceptors (Lipinski definition) is 4. The van der Waals surface area contributed by atoms with Crippen LogP contribution in [0.1, 0.15) is 25.7 Å². The van der Waals surface area contributed by atoms with Gasteiger partial charge in [-0.1, -0.05) is 11.6 Å². The largest absolute Gasteiger partial charge is 0.473 e. The van der Waals surface area contributed by atoms with Crippen molar-refractivity contribution >= 4 is 17.4 Å². The van der Waals surface area contributed by atoms with Gasteiger partial charge in [0.15, 0.2) is 0 Å². The van der Waals surface area contributed by atoms with Gasteiger partial charge in [0.05, 0.1) is 0 Å². The normalized spacial score (nSPS) is 17.2. The van der Waals surface area contributed by atoms with Crippen molar-refractivity contribution in [1.82, 2.24) is 9.97 Å². The molecule has 0 radical (unpaired) electrons. The third-order valence-corrected chi connectivity index (χ3v) is 2.72. The fraction of sp³-hybridized carbons (Fsp3) is 0.556. The lowest BCUT2D eigenvalue weighted by Crippen LogP contribution is -2.12. The quantitative estimate of drug-likeness (QED) is 0.817. The predicted molar refractivity (Wildman–Crippen MR) is 54.3 cm³/mol. The summed E-state index contributed by atoms with van der Waals surface area (Å²) < 4.78 is 5.62. The Labute approximate surface area is 87.4 Å². The first-order valence-corrected chi connectivity index (χ1v) is 5.08. The minimum absolute atomic E-state index is 0.238. The number of nitrogens with two attached hydrogens (primary N) is 1. The van der Waals surface area contributed by atoms with E-state index in [2.05, 4.69) is 9.97 Å². The van der Waals surface area contributed by atoms with Crippen LogP contribution in [0.25, 0.3) is 0 Å². The molecule has 1 aromatic rings. The van der Waals surface area contributed by atoms with E-state index < -0.39 is 0 Å². The number of halogens is 1. The monoisotopic (exact) mass is 213 g/mol. The van der Waals surface area contributed by atoms with Gasteiger partial charge < -0.3 is 10.5 Å². The fourth-order valence-electron chi connectivity index (χ4n) is 1.61. The van der Waals surface area contributed by atoms with Gasteiger partial charge in [0.2, 0.25) is 5.88 Å². The van der Waals surface area contributed by atoms with Crippen LogP contribution < -0.4 is 10.5 Å². The number of nitrogen functional groups attached to an aromatic ring is 1. The lowest BCUT2D eigenvalue weighted by atomic mass is 10.3. The van der Waals surface area contributed by atoms with Crippen molar-refractivity contribution in [2.45, 2.75) is 31.8 Å². The Kier molecular flexibility index (Phi) is 2.72. The third-order valence-electron chi connectivity index (χ3n) is 2.36. The number of ether oxygens (including phenoxy) is 1. The van der Waals surface area contributed by atoms with Crippen LogP contribution in [0.15, 0.2) is 6.33 Å². The van der Waals surface area contributed by atoms with E-state index in [-0.39, 0.29) is 11.9 Å². The lowest BCUT2D eigenvalue weighted by molar-refractivity contribution is 0.201. The standard InChI is InChI=1S/C9H12ClN3O/c10-7-8(11)12-5-13-9(7)14-6-3-1-2-4-6/h5-6H,1-4H2,(H2,11,12,13). The van der Waals surface area contributed by atoms with Gasteiger partial charge >= 0.3 is 0 Å². The molecule has 4 nitrogen and oxygen atoms in total. The highest BCUT2D eigenvalue weighted by atomic mass is 35.5. The van der Waals surface area contributed by atoms with Crippen molar-refractivity contribution in [2.75, 3.05) is 5.73 Å². The first kappa shape index (κ1) is 9.52. The van der Waals surface area contributed by atoms with Crippen molar-refractivity contribution in [3.8, 4) is 5.88 Å². The molecule has 1 fully saturated rings. The van der Waals surface area contributed by atoms with Gasteiger partial charge in [0, 0.05) is 0 Å². The van der Waals surface area contributed by atoms with E-state index in [1.807, 2.05) is 0 Å². The lowest BCUT2D eigenvalue weighted by Gasteiger charge is -2.12. The summed E-state index contributed by atoms with van der Waals surface area (Å²) in [7, 11) is 0. The van der Waals surface area contributed by atoms with Crippen LogP contribution in [0.4, 0.5) is 5.82 Å². The molecule has 0 unspecified atom stereocenters. The Morgan fingerprint density at radius 1 is 1.36 bits per heavy atom.